The lowest BCUT2D eigenvalue weighted by Crippen LogP contribution is -2.47. The lowest BCUT2D eigenvalue weighted by molar-refractivity contribution is 0.0872. The molecule has 1 fully saturated rings. The Labute approximate surface area is 152 Å². The molecule has 2 aromatic carbocycles. The minimum atomic E-state index is 0.550. The smallest absolute Gasteiger partial charge is 0.0870 e. The van der Waals surface area contributed by atoms with Gasteiger partial charge in [0.05, 0.1) is 12.6 Å². The van der Waals surface area contributed by atoms with E-state index in [-0.39, 0.29) is 0 Å². The zero-order chi connectivity index (χ0) is 17.3. The van der Waals surface area contributed by atoms with Crippen LogP contribution < -0.4 is 0 Å². The molecule has 2 nitrogen and oxygen atoms in total. The van der Waals surface area contributed by atoms with E-state index in [0.717, 1.165) is 25.7 Å². The zero-order valence-corrected chi connectivity index (χ0v) is 15.0. The van der Waals surface area contributed by atoms with Crippen LogP contribution in [-0.2, 0) is 12.8 Å². The van der Waals surface area contributed by atoms with Crippen molar-refractivity contribution in [2.75, 3.05) is 6.54 Å². The molecular formula is C23H28N2. The first-order valence-electron chi connectivity index (χ1n) is 9.57. The van der Waals surface area contributed by atoms with E-state index >= 15 is 0 Å². The van der Waals surface area contributed by atoms with Crippen molar-refractivity contribution in [3.8, 4) is 6.07 Å². The SMILES string of the molecule is N#CCN1[C@@H](CCc2ccccc2)CCC[C@H]1CCc1ccccc1. The second-order valence-corrected chi connectivity index (χ2v) is 7.12. The van der Waals surface area contributed by atoms with E-state index in [1.54, 1.807) is 0 Å². The molecule has 0 aliphatic carbocycles. The van der Waals surface area contributed by atoms with Crippen molar-refractivity contribution in [3.05, 3.63) is 71.8 Å². The number of nitrogens with zero attached hydrogens (tertiary/aromatic N) is 2. The summed E-state index contributed by atoms with van der Waals surface area (Å²) in [5.74, 6) is 0. The normalized spacial score (nSPS) is 20.9. The van der Waals surface area contributed by atoms with Crippen molar-refractivity contribution < 1.29 is 0 Å². The van der Waals surface area contributed by atoms with Gasteiger partial charge in [0.15, 0.2) is 0 Å². The second-order valence-electron chi connectivity index (χ2n) is 7.12. The molecular weight excluding hydrogens is 304 g/mol. The van der Waals surface area contributed by atoms with Crippen LogP contribution in [-0.4, -0.2) is 23.5 Å². The zero-order valence-electron chi connectivity index (χ0n) is 15.0. The summed E-state index contributed by atoms with van der Waals surface area (Å²) in [6.07, 6.45) is 8.30. The molecule has 0 N–H and O–H groups in total. The number of nitriles is 1. The summed E-state index contributed by atoms with van der Waals surface area (Å²) in [6, 6.07) is 25.0. The third kappa shape index (κ3) is 5.18. The minimum absolute atomic E-state index is 0.550. The van der Waals surface area contributed by atoms with Crippen LogP contribution in [0.1, 0.15) is 43.2 Å². The molecule has 0 spiro atoms. The molecule has 0 amide bonds. The molecule has 130 valence electrons. The predicted molar refractivity (Wildman–Crippen MR) is 103 cm³/mol. The molecule has 2 atom stereocenters. The fourth-order valence-corrected chi connectivity index (χ4v) is 4.13. The molecule has 2 heteroatoms. The van der Waals surface area contributed by atoms with Gasteiger partial charge < -0.3 is 0 Å². The van der Waals surface area contributed by atoms with Gasteiger partial charge in [-0.3, -0.25) is 4.90 Å². The van der Waals surface area contributed by atoms with Crippen LogP contribution in [0.25, 0.3) is 0 Å². The Morgan fingerprint density at radius 3 is 1.72 bits per heavy atom. The molecule has 0 aromatic heterocycles. The van der Waals surface area contributed by atoms with Crippen LogP contribution in [0.15, 0.2) is 60.7 Å². The first-order chi connectivity index (χ1) is 12.4. The fraction of sp³-hybridized carbons (Fsp3) is 0.435. The van der Waals surface area contributed by atoms with Crippen molar-refractivity contribution >= 4 is 0 Å². The topological polar surface area (TPSA) is 27.0 Å². The third-order valence-corrected chi connectivity index (χ3v) is 5.48. The van der Waals surface area contributed by atoms with E-state index in [0.29, 0.717) is 18.6 Å². The maximum Gasteiger partial charge on any atom is 0.0870 e. The number of rotatable bonds is 7. The fourth-order valence-electron chi connectivity index (χ4n) is 4.13. The predicted octanol–water partition coefficient (Wildman–Crippen LogP) is 5.00. The summed E-state index contributed by atoms with van der Waals surface area (Å²) in [5, 5.41) is 9.33. The number of hydrogen-bond donors (Lipinski definition) is 0. The van der Waals surface area contributed by atoms with Gasteiger partial charge in [0, 0.05) is 12.1 Å². The summed E-state index contributed by atoms with van der Waals surface area (Å²) in [6.45, 7) is 0.568. The Kier molecular flexibility index (Phi) is 6.65. The average Bonchev–Trinajstić information content (AvgIpc) is 2.68. The van der Waals surface area contributed by atoms with Gasteiger partial charge in [0.1, 0.15) is 0 Å². The lowest BCUT2D eigenvalue weighted by Gasteiger charge is -2.41. The van der Waals surface area contributed by atoms with Crippen LogP contribution >= 0.6 is 0 Å². The number of hydrogen-bond acceptors (Lipinski definition) is 2. The van der Waals surface area contributed by atoms with Crippen LogP contribution in [0.2, 0.25) is 0 Å². The van der Waals surface area contributed by atoms with Gasteiger partial charge >= 0.3 is 0 Å². The van der Waals surface area contributed by atoms with Gasteiger partial charge in [-0.25, -0.2) is 0 Å². The Bertz CT molecular complexity index is 608. The molecule has 0 radical (unpaired) electrons. The van der Waals surface area contributed by atoms with E-state index in [1.165, 1.54) is 30.4 Å². The third-order valence-electron chi connectivity index (χ3n) is 5.48. The van der Waals surface area contributed by atoms with Gasteiger partial charge in [0.25, 0.3) is 0 Å². The largest absolute Gasteiger partial charge is 0.285 e. The van der Waals surface area contributed by atoms with Crippen LogP contribution in [0.5, 0.6) is 0 Å². The Morgan fingerprint density at radius 1 is 0.800 bits per heavy atom. The first-order valence-corrected chi connectivity index (χ1v) is 9.57. The molecule has 1 aliphatic rings. The van der Waals surface area contributed by atoms with Crippen molar-refractivity contribution in [3.63, 3.8) is 0 Å². The molecule has 0 unspecified atom stereocenters. The molecule has 0 saturated carbocycles. The molecule has 1 heterocycles. The maximum atomic E-state index is 9.33. The van der Waals surface area contributed by atoms with Crippen molar-refractivity contribution in [2.24, 2.45) is 0 Å². The summed E-state index contributed by atoms with van der Waals surface area (Å²) >= 11 is 0. The average molecular weight is 332 g/mol. The van der Waals surface area contributed by atoms with Gasteiger partial charge in [-0.05, 0) is 49.7 Å². The highest BCUT2D eigenvalue weighted by atomic mass is 15.2. The highest BCUT2D eigenvalue weighted by Crippen LogP contribution is 2.28. The van der Waals surface area contributed by atoms with Gasteiger partial charge in [-0.2, -0.15) is 5.26 Å². The van der Waals surface area contributed by atoms with Crippen LogP contribution in [0, 0.1) is 11.3 Å². The molecule has 0 bridgehead atoms. The number of piperidine rings is 1. The van der Waals surface area contributed by atoms with E-state index in [2.05, 4.69) is 71.6 Å². The summed E-state index contributed by atoms with van der Waals surface area (Å²) in [5.41, 5.74) is 2.82. The summed E-state index contributed by atoms with van der Waals surface area (Å²) in [7, 11) is 0. The number of aryl methyl sites for hydroxylation is 2. The lowest BCUT2D eigenvalue weighted by atomic mass is 9.89. The standard InChI is InChI=1S/C23H28N2/c24-18-19-25-22(16-14-20-8-3-1-4-9-20)12-7-13-23(25)17-15-21-10-5-2-6-11-21/h1-6,8-11,22-23H,7,12-17,19H2/t22-,23+. The van der Waals surface area contributed by atoms with Crippen molar-refractivity contribution in [2.45, 2.75) is 57.0 Å². The molecule has 25 heavy (non-hydrogen) atoms. The van der Waals surface area contributed by atoms with Crippen LogP contribution in [0.4, 0.5) is 0 Å². The highest BCUT2D eigenvalue weighted by molar-refractivity contribution is 5.16. The quantitative estimate of drug-likeness (QED) is 0.667. The van der Waals surface area contributed by atoms with Crippen molar-refractivity contribution in [1.29, 1.82) is 5.26 Å². The number of likely N-dealkylation sites (tertiary alicyclic amines) is 1. The monoisotopic (exact) mass is 332 g/mol. The van der Waals surface area contributed by atoms with Gasteiger partial charge in [-0.15, -0.1) is 0 Å². The Balaban J connectivity index is 1.59. The second kappa shape index (κ2) is 9.39. The minimum Gasteiger partial charge on any atom is -0.285 e. The van der Waals surface area contributed by atoms with Crippen LogP contribution in [0.3, 0.4) is 0 Å². The Hall–Kier alpha value is -2.11. The molecule has 1 aliphatic heterocycles. The van der Waals surface area contributed by atoms with E-state index in [4.69, 9.17) is 0 Å². The highest BCUT2D eigenvalue weighted by Gasteiger charge is 2.29. The summed E-state index contributed by atoms with van der Waals surface area (Å²) < 4.78 is 0. The van der Waals surface area contributed by atoms with Gasteiger partial charge in [-0.1, -0.05) is 67.1 Å². The van der Waals surface area contributed by atoms with E-state index in [1.807, 2.05) is 0 Å². The Morgan fingerprint density at radius 2 is 1.28 bits per heavy atom. The molecule has 3 rings (SSSR count). The summed E-state index contributed by atoms with van der Waals surface area (Å²) in [4.78, 5) is 2.50. The number of benzene rings is 2. The van der Waals surface area contributed by atoms with E-state index in [9.17, 15) is 5.26 Å². The molecule has 1 saturated heterocycles. The first kappa shape index (κ1) is 17.7. The van der Waals surface area contributed by atoms with E-state index < -0.39 is 0 Å². The van der Waals surface area contributed by atoms with Crippen molar-refractivity contribution in [1.82, 2.24) is 4.90 Å². The maximum absolute atomic E-state index is 9.33. The van der Waals surface area contributed by atoms with Gasteiger partial charge in [0.2, 0.25) is 0 Å². The molecule has 2 aromatic rings.